The third kappa shape index (κ3) is 2.25. The van der Waals surface area contributed by atoms with Crippen molar-refractivity contribution >= 4 is 16.6 Å². The van der Waals surface area contributed by atoms with Crippen molar-refractivity contribution in [1.82, 2.24) is 9.55 Å². The van der Waals surface area contributed by atoms with Gasteiger partial charge in [-0.3, -0.25) is 0 Å². The van der Waals surface area contributed by atoms with Gasteiger partial charge in [-0.05, 0) is 29.7 Å². The lowest BCUT2D eigenvalue weighted by Gasteiger charge is -2.07. The number of nitrogens with zero attached hydrogens (tertiary/aromatic N) is 2. The van der Waals surface area contributed by atoms with Gasteiger partial charge in [-0.2, -0.15) is 0 Å². The number of rotatable bonds is 3. The highest BCUT2D eigenvalue weighted by atomic mass is 16.5. The molecule has 0 radical (unpaired) electrons. The standard InChI is InChI=1S/C15H15N3O/c1-19-15-4-2-3-13(17-15)10-18-8-7-11-5-6-12(16)9-14(11)18/h2-9H,10,16H2,1H3. The van der Waals surface area contributed by atoms with Crippen molar-refractivity contribution in [3.05, 3.63) is 54.4 Å². The quantitative estimate of drug-likeness (QED) is 0.730. The summed E-state index contributed by atoms with van der Waals surface area (Å²) < 4.78 is 7.27. The van der Waals surface area contributed by atoms with Crippen molar-refractivity contribution in [2.75, 3.05) is 12.8 Å². The molecule has 4 heteroatoms. The van der Waals surface area contributed by atoms with Gasteiger partial charge < -0.3 is 15.0 Å². The Bertz CT molecular complexity index is 718. The molecule has 0 amide bonds. The van der Waals surface area contributed by atoms with E-state index in [1.54, 1.807) is 7.11 Å². The molecule has 0 aliphatic carbocycles. The van der Waals surface area contributed by atoms with Crippen LogP contribution in [0.1, 0.15) is 5.69 Å². The van der Waals surface area contributed by atoms with Gasteiger partial charge >= 0.3 is 0 Å². The van der Waals surface area contributed by atoms with E-state index in [0.29, 0.717) is 12.4 Å². The highest BCUT2D eigenvalue weighted by Gasteiger charge is 2.04. The monoisotopic (exact) mass is 253 g/mol. The minimum absolute atomic E-state index is 0.633. The number of ether oxygens (including phenoxy) is 1. The minimum atomic E-state index is 0.633. The van der Waals surface area contributed by atoms with Crippen LogP contribution in [0.25, 0.3) is 10.9 Å². The molecular formula is C15H15N3O. The summed E-state index contributed by atoms with van der Waals surface area (Å²) in [7, 11) is 1.62. The summed E-state index contributed by atoms with van der Waals surface area (Å²) in [4.78, 5) is 4.42. The van der Waals surface area contributed by atoms with Crippen LogP contribution in [0.4, 0.5) is 5.69 Å². The Morgan fingerprint density at radius 1 is 1.21 bits per heavy atom. The highest BCUT2D eigenvalue weighted by molar-refractivity contribution is 5.83. The first-order chi connectivity index (χ1) is 9.26. The molecule has 0 fully saturated rings. The second kappa shape index (κ2) is 4.65. The molecule has 0 atom stereocenters. The molecule has 1 aromatic carbocycles. The van der Waals surface area contributed by atoms with Crippen molar-refractivity contribution < 1.29 is 4.74 Å². The maximum Gasteiger partial charge on any atom is 0.213 e. The fraction of sp³-hybridized carbons (Fsp3) is 0.133. The van der Waals surface area contributed by atoms with Gasteiger partial charge in [0.1, 0.15) is 0 Å². The number of nitrogen functional groups attached to an aromatic ring is 1. The van der Waals surface area contributed by atoms with Crippen LogP contribution in [-0.2, 0) is 6.54 Å². The lowest BCUT2D eigenvalue weighted by Crippen LogP contribution is -2.01. The lowest BCUT2D eigenvalue weighted by molar-refractivity contribution is 0.396. The van der Waals surface area contributed by atoms with E-state index in [0.717, 1.165) is 16.9 Å². The smallest absolute Gasteiger partial charge is 0.213 e. The Morgan fingerprint density at radius 2 is 2.11 bits per heavy atom. The number of nitrogens with two attached hydrogens (primary N) is 1. The molecule has 19 heavy (non-hydrogen) atoms. The molecule has 0 saturated heterocycles. The van der Waals surface area contributed by atoms with Crippen molar-refractivity contribution in [1.29, 1.82) is 0 Å². The average Bonchev–Trinajstić information content (AvgIpc) is 2.81. The molecule has 0 aliphatic heterocycles. The van der Waals surface area contributed by atoms with E-state index < -0.39 is 0 Å². The van der Waals surface area contributed by atoms with Crippen molar-refractivity contribution in [2.45, 2.75) is 6.54 Å². The van der Waals surface area contributed by atoms with Crippen LogP contribution in [0, 0.1) is 0 Å². The second-order valence-electron chi connectivity index (χ2n) is 4.43. The molecule has 2 aromatic heterocycles. The summed E-state index contributed by atoms with van der Waals surface area (Å²) in [6.45, 7) is 0.699. The minimum Gasteiger partial charge on any atom is -0.481 e. The van der Waals surface area contributed by atoms with Crippen LogP contribution in [0.3, 0.4) is 0 Å². The molecule has 0 aliphatic rings. The highest BCUT2D eigenvalue weighted by Crippen LogP contribution is 2.20. The van der Waals surface area contributed by atoms with Crippen molar-refractivity contribution in [3.63, 3.8) is 0 Å². The van der Waals surface area contributed by atoms with Gasteiger partial charge in [0.25, 0.3) is 0 Å². The molecule has 96 valence electrons. The van der Waals surface area contributed by atoms with Crippen molar-refractivity contribution in [3.8, 4) is 5.88 Å². The van der Waals surface area contributed by atoms with Crippen LogP contribution in [0.15, 0.2) is 48.7 Å². The van der Waals surface area contributed by atoms with E-state index >= 15 is 0 Å². The Morgan fingerprint density at radius 3 is 2.95 bits per heavy atom. The fourth-order valence-corrected chi connectivity index (χ4v) is 2.17. The van der Waals surface area contributed by atoms with Gasteiger partial charge in [-0.1, -0.05) is 12.1 Å². The first-order valence-corrected chi connectivity index (χ1v) is 6.10. The van der Waals surface area contributed by atoms with Gasteiger partial charge in [0.05, 0.1) is 24.9 Å². The van der Waals surface area contributed by atoms with Crippen LogP contribution in [0.2, 0.25) is 0 Å². The molecule has 4 nitrogen and oxygen atoms in total. The molecule has 0 bridgehead atoms. The number of hydrogen-bond acceptors (Lipinski definition) is 3. The average molecular weight is 253 g/mol. The summed E-state index contributed by atoms with van der Waals surface area (Å²) in [6.07, 6.45) is 2.05. The van der Waals surface area contributed by atoms with Crippen molar-refractivity contribution in [2.24, 2.45) is 0 Å². The number of pyridine rings is 1. The molecule has 2 N–H and O–H groups in total. The molecule has 0 saturated carbocycles. The zero-order chi connectivity index (χ0) is 13.2. The van der Waals surface area contributed by atoms with Crippen LogP contribution < -0.4 is 10.5 Å². The van der Waals surface area contributed by atoms with Crippen LogP contribution in [0.5, 0.6) is 5.88 Å². The van der Waals surface area contributed by atoms with Crippen LogP contribution in [-0.4, -0.2) is 16.7 Å². The molecule has 0 unspecified atom stereocenters. The van der Waals surface area contributed by atoms with Gasteiger partial charge in [0.15, 0.2) is 0 Å². The largest absolute Gasteiger partial charge is 0.481 e. The maximum atomic E-state index is 5.84. The summed E-state index contributed by atoms with van der Waals surface area (Å²) in [5, 5.41) is 1.18. The fourth-order valence-electron chi connectivity index (χ4n) is 2.17. The number of hydrogen-bond donors (Lipinski definition) is 1. The summed E-state index contributed by atoms with van der Waals surface area (Å²) in [6, 6.07) is 13.8. The molecule has 3 rings (SSSR count). The Hall–Kier alpha value is -2.49. The predicted octanol–water partition coefficient (Wildman–Crippen LogP) is 2.68. The van der Waals surface area contributed by atoms with Gasteiger partial charge in [-0.25, -0.2) is 4.98 Å². The maximum absolute atomic E-state index is 5.84. The predicted molar refractivity (Wildman–Crippen MR) is 76.2 cm³/mol. The zero-order valence-corrected chi connectivity index (χ0v) is 10.7. The van der Waals surface area contributed by atoms with Crippen LogP contribution >= 0.6 is 0 Å². The Labute approximate surface area is 111 Å². The normalized spacial score (nSPS) is 10.8. The van der Waals surface area contributed by atoms with Gasteiger partial charge in [0, 0.05) is 18.0 Å². The van der Waals surface area contributed by atoms with Gasteiger partial charge in [0.2, 0.25) is 5.88 Å². The first kappa shape index (κ1) is 11.6. The second-order valence-corrected chi connectivity index (χ2v) is 4.43. The number of aromatic nitrogens is 2. The number of anilines is 1. The SMILES string of the molecule is COc1cccc(Cn2ccc3ccc(N)cc32)n1. The third-order valence-electron chi connectivity index (χ3n) is 3.12. The summed E-state index contributed by atoms with van der Waals surface area (Å²) in [5.41, 5.74) is 8.68. The molecule has 2 heterocycles. The topological polar surface area (TPSA) is 53.1 Å². The summed E-state index contributed by atoms with van der Waals surface area (Å²) in [5.74, 6) is 0.633. The van der Waals surface area contributed by atoms with E-state index in [4.69, 9.17) is 10.5 Å². The number of benzene rings is 1. The number of methoxy groups -OCH3 is 1. The zero-order valence-electron chi connectivity index (χ0n) is 10.7. The number of fused-ring (bicyclic) bond motifs is 1. The van der Waals surface area contributed by atoms with E-state index in [1.165, 1.54) is 5.39 Å². The molecular weight excluding hydrogens is 238 g/mol. The lowest BCUT2D eigenvalue weighted by atomic mass is 10.2. The molecule has 3 aromatic rings. The van der Waals surface area contributed by atoms with E-state index in [2.05, 4.69) is 15.6 Å². The van der Waals surface area contributed by atoms with E-state index in [-0.39, 0.29) is 0 Å². The molecule has 0 spiro atoms. The van der Waals surface area contributed by atoms with E-state index in [9.17, 15) is 0 Å². The van der Waals surface area contributed by atoms with Gasteiger partial charge in [-0.15, -0.1) is 0 Å². The Kier molecular flexibility index (Phi) is 2.83. The van der Waals surface area contributed by atoms with E-state index in [1.807, 2.05) is 42.6 Å². The Balaban J connectivity index is 1.98. The summed E-state index contributed by atoms with van der Waals surface area (Å²) >= 11 is 0. The third-order valence-corrected chi connectivity index (χ3v) is 3.12. The first-order valence-electron chi connectivity index (χ1n) is 6.10.